The number of aryl methyl sites for hydroxylation is 2. The quantitative estimate of drug-likeness (QED) is 0.513. The maximum absolute atomic E-state index is 11.8. The Hall–Kier alpha value is -4.25. The van der Waals surface area contributed by atoms with Gasteiger partial charge in [0.1, 0.15) is 24.0 Å². The van der Waals surface area contributed by atoms with Gasteiger partial charge >= 0.3 is 5.69 Å². The molecule has 31 heavy (non-hydrogen) atoms. The predicted molar refractivity (Wildman–Crippen MR) is 114 cm³/mol. The molecule has 0 radical (unpaired) electrons. The van der Waals surface area contributed by atoms with Crippen LogP contribution in [0.15, 0.2) is 62.7 Å². The van der Waals surface area contributed by atoms with E-state index in [4.69, 9.17) is 19.2 Å². The molecule has 156 valence electrons. The third-order valence-corrected chi connectivity index (χ3v) is 4.66. The van der Waals surface area contributed by atoms with Crippen LogP contribution in [0.1, 0.15) is 16.9 Å². The number of fused-ring (bicyclic) bond motifs is 1. The largest absolute Gasteiger partial charge is 0.488 e. The summed E-state index contributed by atoms with van der Waals surface area (Å²) < 4.78 is 18.9. The van der Waals surface area contributed by atoms with E-state index in [0.29, 0.717) is 28.2 Å². The van der Waals surface area contributed by atoms with E-state index < -0.39 is 11.2 Å². The van der Waals surface area contributed by atoms with Crippen LogP contribution in [0, 0.1) is 25.2 Å². The first-order valence-electron chi connectivity index (χ1n) is 9.58. The number of benzene rings is 2. The Morgan fingerprint density at radius 3 is 2.61 bits per heavy atom. The van der Waals surface area contributed by atoms with Crippen LogP contribution >= 0.6 is 0 Å². The molecule has 0 unspecified atom stereocenters. The second-order valence-electron chi connectivity index (χ2n) is 7.10. The van der Waals surface area contributed by atoms with Gasteiger partial charge in [0.05, 0.1) is 11.9 Å². The number of aromatic amines is 1. The molecule has 0 saturated carbocycles. The summed E-state index contributed by atoms with van der Waals surface area (Å²) in [6.45, 7) is 4.29. The number of nitriles is 1. The summed E-state index contributed by atoms with van der Waals surface area (Å²) >= 11 is 0. The van der Waals surface area contributed by atoms with Crippen LogP contribution in [0.4, 0.5) is 0 Å². The molecule has 0 atom stereocenters. The Kier molecular flexibility index (Phi) is 5.33. The highest BCUT2D eigenvalue weighted by molar-refractivity contribution is 5.86. The smallest absolute Gasteiger partial charge is 0.328 e. The topological polar surface area (TPSA) is 110 Å². The van der Waals surface area contributed by atoms with Gasteiger partial charge in [0.15, 0.2) is 11.5 Å². The first-order valence-corrected chi connectivity index (χ1v) is 9.58. The lowest BCUT2D eigenvalue weighted by Gasteiger charge is -2.14. The van der Waals surface area contributed by atoms with Crippen LogP contribution in [0.3, 0.4) is 0 Å². The number of nitrogens with zero attached hydrogens (tertiary/aromatic N) is 2. The number of furan rings is 1. The van der Waals surface area contributed by atoms with Crippen molar-refractivity contribution < 1.29 is 13.9 Å². The molecule has 4 aromatic rings. The van der Waals surface area contributed by atoms with Crippen LogP contribution in [0.25, 0.3) is 11.0 Å². The maximum atomic E-state index is 11.8. The van der Waals surface area contributed by atoms with Crippen LogP contribution in [0.2, 0.25) is 0 Å². The summed E-state index contributed by atoms with van der Waals surface area (Å²) in [5.74, 6) is 1.75. The van der Waals surface area contributed by atoms with E-state index >= 15 is 0 Å². The SMILES string of the molecule is Cc1ccc(Oc2cc(C)cc3oc(C#N)cc23)c(OCCn2ccc(=O)[nH]c2=O)c1. The lowest BCUT2D eigenvalue weighted by Crippen LogP contribution is -2.30. The monoisotopic (exact) mass is 417 g/mol. The van der Waals surface area contributed by atoms with Gasteiger partial charge in [-0.15, -0.1) is 0 Å². The number of hydrogen-bond acceptors (Lipinski definition) is 6. The molecular formula is C23H19N3O5. The summed E-state index contributed by atoms with van der Waals surface area (Å²) in [4.78, 5) is 25.2. The second-order valence-corrected chi connectivity index (χ2v) is 7.10. The Morgan fingerprint density at radius 1 is 1.03 bits per heavy atom. The summed E-state index contributed by atoms with van der Waals surface area (Å²) in [5, 5.41) is 9.83. The second kappa shape index (κ2) is 8.24. The average molecular weight is 417 g/mol. The first kappa shape index (κ1) is 20.0. The highest BCUT2D eigenvalue weighted by Gasteiger charge is 2.14. The first-order chi connectivity index (χ1) is 14.9. The van der Waals surface area contributed by atoms with E-state index in [1.807, 2.05) is 44.2 Å². The van der Waals surface area contributed by atoms with Crippen molar-refractivity contribution >= 4 is 11.0 Å². The molecular weight excluding hydrogens is 398 g/mol. The fourth-order valence-electron chi connectivity index (χ4n) is 3.18. The summed E-state index contributed by atoms with van der Waals surface area (Å²) in [5.41, 5.74) is 1.53. The normalized spacial score (nSPS) is 10.7. The molecule has 0 bridgehead atoms. The molecule has 8 heteroatoms. The van der Waals surface area contributed by atoms with Gasteiger partial charge in [-0.25, -0.2) is 4.79 Å². The zero-order valence-corrected chi connectivity index (χ0v) is 17.0. The minimum Gasteiger partial charge on any atom is -0.488 e. The number of rotatable bonds is 6. The van der Waals surface area contributed by atoms with Gasteiger partial charge in [-0.2, -0.15) is 5.26 Å². The third-order valence-electron chi connectivity index (χ3n) is 4.66. The average Bonchev–Trinajstić information content (AvgIpc) is 3.14. The molecule has 0 aliphatic rings. The Morgan fingerprint density at radius 2 is 1.84 bits per heavy atom. The maximum Gasteiger partial charge on any atom is 0.328 e. The van der Waals surface area contributed by atoms with Gasteiger partial charge in [-0.1, -0.05) is 6.07 Å². The molecule has 2 aromatic heterocycles. The van der Waals surface area contributed by atoms with E-state index in [9.17, 15) is 9.59 Å². The van der Waals surface area contributed by atoms with E-state index in [1.165, 1.54) is 16.8 Å². The molecule has 0 saturated heterocycles. The van der Waals surface area contributed by atoms with Crippen LogP contribution < -0.4 is 20.7 Å². The van der Waals surface area contributed by atoms with Crippen molar-refractivity contribution in [3.63, 3.8) is 0 Å². The van der Waals surface area contributed by atoms with Crippen molar-refractivity contribution in [1.29, 1.82) is 5.26 Å². The Bertz CT molecular complexity index is 1420. The minimum absolute atomic E-state index is 0.194. The van der Waals surface area contributed by atoms with Gasteiger partial charge in [0.2, 0.25) is 5.76 Å². The Balaban J connectivity index is 1.60. The van der Waals surface area contributed by atoms with Crippen LogP contribution in [-0.4, -0.2) is 16.2 Å². The zero-order chi connectivity index (χ0) is 22.0. The van der Waals surface area contributed by atoms with Gasteiger partial charge in [0, 0.05) is 18.3 Å². The molecule has 0 amide bonds. The molecule has 0 aliphatic carbocycles. The summed E-state index contributed by atoms with van der Waals surface area (Å²) in [6, 6.07) is 14.2. The standard InChI is InChI=1S/C23H19N3O5/c1-14-3-4-18(21(9-14)29-8-7-26-6-5-22(27)25-23(26)28)31-20-11-15(2)10-19-17(20)12-16(13-24)30-19/h3-6,9-12H,7-8H2,1-2H3,(H,25,27,28). The number of hydrogen-bond donors (Lipinski definition) is 1. The van der Waals surface area contributed by atoms with E-state index in [-0.39, 0.29) is 18.9 Å². The van der Waals surface area contributed by atoms with Gasteiger partial charge < -0.3 is 13.9 Å². The van der Waals surface area contributed by atoms with Gasteiger partial charge in [0.25, 0.3) is 5.56 Å². The Labute approximate surface area is 176 Å². The zero-order valence-electron chi connectivity index (χ0n) is 17.0. The highest BCUT2D eigenvalue weighted by atomic mass is 16.5. The van der Waals surface area contributed by atoms with E-state index in [1.54, 1.807) is 12.1 Å². The number of ether oxygens (including phenoxy) is 2. The van der Waals surface area contributed by atoms with Crippen molar-refractivity contribution in [2.45, 2.75) is 20.4 Å². The van der Waals surface area contributed by atoms with E-state index in [0.717, 1.165) is 11.1 Å². The number of aromatic nitrogens is 2. The molecule has 0 aliphatic heterocycles. The summed E-state index contributed by atoms with van der Waals surface area (Å²) in [6.07, 6.45) is 1.42. The van der Waals surface area contributed by atoms with Crippen LogP contribution in [-0.2, 0) is 6.54 Å². The highest BCUT2D eigenvalue weighted by Crippen LogP contribution is 2.37. The fourth-order valence-corrected chi connectivity index (χ4v) is 3.18. The molecule has 0 fully saturated rings. The van der Waals surface area contributed by atoms with Crippen molar-refractivity contribution in [2.75, 3.05) is 6.61 Å². The summed E-state index contributed by atoms with van der Waals surface area (Å²) in [7, 11) is 0. The lowest BCUT2D eigenvalue weighted by atomic mass is 10.1. The van der Waals surface area contributed by atoms with Gasteiger partial charge in [-0.3, -0.25) is 14.3 Å². The van der Waals surface area contributed by atoms with Crippen molar-refractivity contribution in [3.05, 3.63) is 86.4 Å². The predicted octanol–water partition coefficient (Wildman–Crippen LogP) is 3.64. The molecule has 1 N–H and O–H groups in total. The van der Waals surface area contributed by atoms with Crippen LogP contribution in [0.5, 0.6) is 17.2 Å². The molecule has 2 aromatic carbocycles. The lowest BCUT2D eigenvalue weighted by molar-refractivity contribution is 0.283. The fraction of sp³-hybridized carbons (Fsp3) is 0.174. The third kappa shape index (κ3) is 4.36. The van der Waals surface area contributed by atoms with Gasteiger partial charge in [-0.05, 0) is 49.2 Å². The molecule has 0 spiro atoms. The molecule has 4 rings (SSSR count). The minimum atomic E-state index is -0.493. The molecule has 2 heterocycles. The van der Waals surface area contributed by atoms with Crippen molar-refractivity contribution in [3.8, 4) is 23.3 Å². The number of nitrogens with one attached hydrogen (secondary N) is 1. The van der Waals surface area contributed by atoms with Crippen molar-refractivity contribution in [1.82, 2.24) is 9.55 Å². The number of H-pyrrole nitrogens is 1. The van der Waals surface area contributed by atoms with Crippen molar-refractivity contribution in [2.24, 2.45) is 0 Å². The molecule has 8 nitrogen and oxygen atoms in total. The van der Waals surface area contributed by atoms with E-state index in [2.05, 4.69) is 4.98 Å².